The van der Waals surface area contributed by atoms with Crippen molar-refractivity contribution >= 4 is 18.2 Å². The van der Waals surface area contributed by atoms with Crippen LogP contribution in [0.25, 0.3) is 0 Å². The number of aliphatic hydroxyl groups excluding tert-OH is 4. The second kappa shape index (κ2) is 9.40. The Balaban J connectivity index is 5.19. The quantitative estimate of drug-likeness (QED) is 0.268. The molecule has 0 aromatic rings. The van der Waals surface area contributed by atoms with Crippen LogP contribution in [0.4, 0.5) is 0 Å². The smallest absolute Gasteiger partial charge is 0.335 e. The molecule has 0 saturated heterocycles. The van der Waals surface area contributed by atoms with E-state index in [0.29, 0.717) is 0 Å². The number of aldehydes is 1. The summed E-state index contributed by atoms with van der Waals surface area (Å²) in [6.45, 7) is 1.60. The van der Waals surface area contributed by atoms with Gasteiger partial charge in [-0.1, -0.05) is 6.92 Å². The highest BCUT2D eigenvalue weighted by molar-refractivity contribution is 5.75. The summed E-state index contributed by atoms with van der Waals surface area (Å²) in [6.07, 6.45) is -8.46. The van der Waals surface area contributed by atoms with E-state index in [4.69, 9.17) is 9.84 Å². The molecule has 0 heterocycles. The maximum absolute atomic E-state index is 11.5. The van der Waals surface area contributed by atoms with Crippen molar-refractivity contribution in [1.29, 1.82) is 0 Å². The molecule has 0 spiro atoms. The fraction of sp³-hybridized carbons (Fsp3) is 0.750. The number of hydrogen-bond acceptors (Lipinski definition) is 9. The Hall–Kier alpha value is -1.55. The third-order valence-electron chi connectivity index (χ3n) is 2.59. The Bertz CT molecular complexity index is 357. The van der Waals surface area contributed by atoms with Crippen LogP contribution in [0.2, 0.25) is 0 Å². The van der Waals surface area contributed by atoms with Crippen molar-refractivity contribution in [3.8, 4) is 0 Å². The molecule has 122 valence electrons. The fourth-order valence-corrected chi connectivity index (χ4v) is 1.40. The lowest BCUT2D eigenvalue weighted by Gasteiger charge is -2.29. The molecule has 0 fully saturated rings. The molecule has 1 unspecified atom stereocenters. The van der Waals surface area contributed by atoms with Crippen LogP contribution in [0.3, 0.4) is 0 Å². The van der Waals surface area contributed by atoms with E-state index >= 15 is 0 Å². The number of carbonyl (C=O) groups excluding carboxylic acids is 3. The molecule has 0 radical (unpaired) electrons. The van der Waals surface area contributed by atoms with Crippen molar-refractivity contribution in [3.63, 3.8) is 0 Å². The molecule has 21 heavy (non-hydrogen) atoms. The zero-order valence-electron chi connectivity index (χ0n) is 11.7. The Morgan fingerprint density at radius 1 is 1.19 bits per heavy atom. The van der Waals surface area contributed by atoms with Crippen LogP contribution in [0.1, 0.15) is 20.3 Å². The first-order valence-electron chi connectivity index (χ1n) is 6.26. The highest BCUT2D eigenvalue weighted by Gasteiger charge is 2.38. The van der Waals surface area contributed by atoms with Gasteiger partial charge in [-0.05, 0) is 6.42 Å². The van der Waals surface area contributed by atoms with Gasteiger partial charge in [0.05, 0.1) is 6.61 Å². The van der Waals surface area contributed by atoms with Gasteiger partial charge in [-0.15, -0.1) is 0 Å². The highest BCUT2D eigenvalue weighted by Crippen LogP contribution is 2.13. The average Bonchev–Trinajstić information content (AvgIpc) is 2.47. The first kappa shape index (κ1) is 19.4. The largest absolute Gasteiger partial charge is 0.453 e. The summed E-state index contributed by atoms with van der Waals surface area (Å²) >= 11 is 0. The first-order valence-corrected chi connectivity index (χ1v) is 6.26. The summed E-state index contributed by atoms with van der Waals surface area (Å²) in [6, 6.07) is 0. The number of carbonyl (C=O) groups is 3. The van der Waals surface area contributed by atoms with Gasteiger partial charge in [0, 0.05) is 6.92 Å². The van der Waals surface area contributed by atoms with E-state index in [1.807, 2.05) is 0 Å². The van der Waals surface area contributed by atoms with Crippen LogP contribution in [-0.2, 0) is 23.9 Å². The Labute approximate surface area is 121 Å². The lowest BCUT2D eigenvalue weighted by molar-refractivity contribution is -0.189. The first-order chi connectivity index (χ1) is 9.78. The predicted molar refractivity (Wildman–Crippen MR) is 66.9 cm³/mol. The van der Waals surface area contributed by atoms with E-state index in [-0.39, 0.29) is 12.7 Å². The molecule has 0 rings (SSSR count). The lowest BCUT2D eigenvalue weighted by atomic mass is 10.0. The molecule has 0 bridgehead atoms. The van der Waals surface area contributed by atoms with Crippen molar-refractivity contribution in [3.05, 3.63) is 0 Å². The summed E-state index contributed by atoms with van der Waals surface area (Å²) < 4.78 is 9.30. The van der Waals surface area contributed by atoms with Gasteiger partial charge in [-0.2, -0.15) is 0 Å². The van der Waals surface area contributed by atoms with Crippen molar-refractivity contribution in [2.24, 2.45) is 0 Å². The van der Waals surface area contributed by atoms with E-state index in [1.165, 1.54) is 6.92 Å². The van der Waals surface area contributed by atoms with Crippen molar-refractivity contribution in [2.75, 3.05) is 6.61 Å². The molecule has 0 aromatic carbocycles. The molecule has 0 aliphatic carbocycles. The Kier molecular flexibility index (Phi) is 8.70. The van der Waals surface area contributed by atoms with Gasteiger partial charge in [0.2, 0.25) is 0 Å². The third-order valence-corrected chi connectivity index (χ3v) is 2.59. The summed E-state index contributed by atoms with van der Waals surface area (Å²) in [5.74, 6) is -2.04. The van der Waals surface area contributed by atoms with Crippen molar-refractivity contribution in [1.82, 2.24) is 0 Å². The van der Waals surface area contributed by atoms with Crippen molar-refractivity contribution < 1.29 is 44.3 Å². The second-order valence-electron chi connectivity index (χ2n) is 4.28. The van der Waals surface area contributed by atoms with Gasteiger partial charge < -0.3 is 29.9 Å². The minimum Gasteiger partial charge on any atom is -0.453 e. The Morgan fingerprint density at radius 3 is 2.14 bits per heavy atom. The molecule has 5 atom stereocenters. The third kappa shape index (κ3) is 6.17. The van der Waals surface area contributed by atoms with E-state index in [1.54, 1.807) is 0 Å². The van der Waals surface area contributed by atoms with E-state index < -0.39 is 49.1 Å². The molecular formula is C12H20O9. The predicted octanol–water partition coefficient (Wildman–Crippen LogP) is -2.49. The standard InChI is InChI=1S/C12H20O9/c1-3-7(16)12(19)21-11(10(18)8(17)4-13)9(5-14)20-6(2)15/h5,7-11,13,16-18H,3-4H2,1-2H3/t7?,8-,9+,10-,11-/m1/s1. The van der Waals surface area contributed by atoms with Crippen LogP contribution in [-0.4, -0.2) is 75.8 Å². The Morgan fingerprint density at radius 2 is 1.76 bits per heavy atom. The number of esters is 2. The molecular weight excluding hydrogens is 288 g/mol. The summed E-state index contributed by atoms with van der Waals surface area (Å²) in [5, 5.41) is 37.3. The zero-order chi connectivity index (χ0) is 16.6. The van der Waals surface area contributed by atoms with E-state index in [0.717, 1.165) is 6.92 Å². The maximum Gasteiger partial charge on any atom is 0.335 e. The molecule has 9 heteroatoms. The van der Waals surface area contributed by atoms with Crippen LogP contribution in [0.5, 0.6) is 0 Å². The van der Waals surface area contributed by atoms with Crippen molar-refractivity contribution in [2.45, 2.75) is 50.8 Å². The van der Waals surface area contributed by atoms with Gasteiger partial charge in [0.15, 0.2) is 24.6 Å². The normalized spacial score (nSPS) is 18.0. The molecule has 4 N–H and O–H groups in total. The topological polar surface area (TPSA) is 151 Å². The van der Waals surface area contributed by atoms with Crippen LogP contribution in [0.15, 0.2) is 0 Å². The minimum atomic E-state index is -1.89. The van der Waals surface area contributed by atoms with Crippen LogP contribution < -0.4 is 0 Å². The number of ether oxygens (including phenoxy) is 2. The molecule has 0 aliphatic rings. The molecule has 0 saturated carbocycles. The summed E-state index contributed by atoms with van der Waals surface area (Å²) in [5.41, 5.74) is 0. The van der Waals surface area contributed by atoms with E-state index in [9.17, 15) is 29.7 Å². The molecule has 0 amide bonds. The fourth-order valence-electron chi connectivity index (χ4n) is 1.40. The number of aliphatic hydroxyl groups is 4. The highest BCUT2D eigenvalue weighted by atomic mass is 16.6. The van der Waals surface area contributed by atoms with Gasteiger partial charge in [0.25, 0.3) is 0 Å². The summed E-state index contributed by atoms with van der Waals surface area (Å²) in [7, 11) is 0. The SMILES string of the molecule is CCC(O)C(=O)O[C@@H]([C@H](O)[C@H](O)CO)[C@H](C=O)OC(C)=O. The maximum atomic E-state index is 11.5. The van der Waals surface area contributed by atoms with E-state index in [2.05, 4.69) is 4.74 Å². The van der Waals surface area contributed by atoms with Gasteiger partial charge in [-0.25, -0.2) is 4.79 Å². The minimum absolute atomic E-state index is 0.0174. The molecule has 0 aromatic heterocycles. The molecule has 9 nitrogen and oxygen atoms in total. The van der Waals surface area contributed by atoms with Gasteiger partial charge in [0.1, 0.15) is 12.2 Å². The molecule has 0 aliphatic heterocycles. The van der Waals surface area contributed by atoms with Gasteiger partial charge >= 0.3 is 11.9 Å². The monoisotopic (exact) mass is 308 g/mol. The number of rotatable bonds is 9. The van der Waals surface area contributed by atoms with Crippen LogP contribution >= 0.6 is 0 Å². The number of hydrogen-bond donors (Lipinski definition) is 4. The lowest BCUT2D eigenvalue weighted by Crippen LogP contribution is -2.51. The van der Waals surface area contributed by atoms with Crippen LogP contribution in [0, 0.1) is 0 Å². The second-order valence-corrected chi connectivity index (χ2v) is 4.28. The zero-order valence-corrected chi connectivity index (χ0v) is 11.7. The van der Waals surface area contributed by atoms with Gasteiger partial charge in [-0.3, -0.25) is 9.59 Å². The average molecular weight is 308 g/mol. The summed E-state index contributed by atoms with van der Waals surface area (Å²) in [4.78, 5) is 33.3.